The lowest BCUT2D eigenvalue weighted by atomic mass is 10.2. The third-order valence-electron chi connectivity index (χ3n) is 4.92. The Hall–Kier alpha value is -2.85. The van der Waals surface area contributed by atoms with Gasteiger partial charge in [0.25, 0.3) is 5.91 Å². The van der Waals surface area contributed by atoms with E-state index in [2.05, 4.69) is 20.6 Å². The number of rotatable bonds is 7. The Morgan fingerprint density at radius 2 is 1.90 bits per heavy atom. The van der Waals surface area contributed by atoms with Crippen LogP contribution in [-0.2, 0) is 9.53 Å². The number of hydrogen-bond donors (Lipinski definition) is 2. The highest BCUT2D eigenvalue weighted by molar-refractivity contribution is 5.98. The summed E-state index contributed by atoms with van der Waals surface area (Å²) in [4.78, 5) is 26.8. The minimum Gasteiger partial charge on any atom is -0.379 e. The van der Waals surface area contributed by atoms with Crippen LogP contribution in [0.2, 0.25) is 0 Å². The molecule has 1 aliphatic rings. The lowest BCUT2D eigenvalue weighted by Crippen LogP contribution is -2.43. The molecule has 2 amide bonds. The van der Waals surface area contributed by atoms with Gasteiger partial charge in [-0.1, -0.05) is 0 Å². The molecule has 162 valence electrons. The molecule has 2 heterocycles. The maximum absolute atomic E-state index is 14.1. The van der Waals surface area contributed by atoms with Crippen molar-refractivity contribution in [2.24, 2.45) is 0 Å². The van der Waals surface area contributed by atoms with Gasteiger partial charge in [-0.05, 0) is 26.0 Å². The summed E-state index contributed by atoms with van der Waals surface area (Å²) in [6.45, 7) is 7.30. The molecule has 3 rings (SSSR count). The Bertz CT molecular complexity index is 925. The molecule has 10 heteroatoms. The molecule has 0 spiro atoms. The van der Waals surface area contributed by atoms with E-state index in [0.717, 1.165) is 31.8 Å². The van der Waals surface area contributed by atoms with Gasteiger partial charge in [0.2, 0.25) is 5.91 Å². The summed E-state index contributed by atoms with van der Waals surface area (Å²) in [6.07, 6.45) is 0. The van der Waals surface area contributed by atoms with Gasteiger partial charge < -0.3 is 15.4 Å². The number of carbonyl (C=O) groups excluding carboxylic acids is 2. The van der Waals surface area contributed by atoms with Gasteiger partial charge in [0.1, 0.15) is 11.5 Å². The first-order chi connectivity index (χ1) is 14.4. The Balaban J connectivity index is 1.56. The largest absolute Gasteiger partial charge is 0.379 e. The number of aryl methyl sites for hydroxylation is 1. The normalized spacial score (nSPS) is 14.5. The van der Waals surface area contributed by atoms with E-state index in [1.807, 2.05) is 0 Å². The average molecular weight is 421 g/mol. The number of ether oxygens (including phenoxy) is 1. The zero-order valence-electron chi connectivity index (χ0n) is 17.0. The minimum atomic E-state index is -0.785. The number of amides is 2. The number of hydrogen-bond acceptors (Lipinski definition) is 5. The molecule has 0 unspecified atom stereocenters. The molecule has 0 radical (unpaired) electrons. The Morgan fingerprint density at radius 1 is 1.17 bits per heavy atom. The van der Waals surface area contributed by atoms with Crippen molar-refractivity contribution in [3.8, 4) is 5.69 Å². The highest BCUT2D eigenvalue weighted by atomic mass is 19.1. The van der Waals surface area contributed by atoms with Gasteiger partial charge in [0.15, 0.2) is 5.82 Å². The van der Waals surface area contributed by atoms with Gasteiger partial charge >= 0.3 is 0 Å². The molecule has 2 aromatic rings. The maximum Gasteiger partial charge on any atom is 0.255 e. The van der Waals surface area contributed by atoms with E-state index in [9.17, 15) is 18.4 Å². The molecule has 8 nitrogen and oxygen atoms in total. The van der Waals surface area contributed by atoms with Crippen LogP contribution in [0.3, 0.4) is 0 Å². The molecule has 0 saturated carbocycles. The summed E-state index contributed by atoms with van der Waals surface area (Å²) >= 11 is 0. The maximum atomic E-state index is 14.1. The molecule has 1 saturated heterocycles. The van der Waals surface area contributed by atoms with Crippen molar-refractivity contribution >= 4 is 11.8 Å². The third-order valence-corrected chi connectivity index (χ3v) is 4.92. The summed E-state index contributed by atoms with van der Waals surface area (Å²) in [5.41, 5.74) is 1.06. The van der Waals surface area contributed by atoms with Gasteiger partial charge in [-0.2, -0.15) is 5.10 Å². The summed E-state index contributed by atoms with van der Waals surface area (Å²) < 4.78 is 33.8. The lowest BCUT2D eigenvalue weighted by Gasteiger charge is -2.26. The molecule has 2 N–H and O–H groups in total. The summed E-state index contributed by atoms with van der Waals surface area (Å²) in [5, 5.41) is 9.53. The van der Waals surface area contributed by atoms with Gasteiger partial charge in [0, 0.05) is 32.2 Å². The molecule has 30 heavy (non-hydrogen) atoms. The SMILES string of the molecule is Cc1nn(-c2ccc(F)cc2F)c(C)c1C(=O)NCC(=O)NCCN1CCOCC1. The van der Waals surface area contributed by atoms with Gasteiger partial charge in [-0.3, -0.25) is 14.5 Å². The van der Waals surface area contributed by atoms with Crippen molar-refractivity contribution in [1.82, 2.24) is 25.3 Å². The van der Waals surface area contributed by atoms with Crippen LogP contribution in [0.1, 0.15) is 21.7 Å². The van der Waals surface area contributed by atoms with Crippen LogP contribution in [0.25, 0.3) is 5.69 Å². The summed E-state index contributed by atoms with van der Waals surface area (Å²) in [5.74, 6) is -2.27. The second kappa shape index (κ2) is 9.77. The topological polar surface area (TPSA) is 88.5 Å². The number of morpholine rings is 1. The van der Waals surface area contributed by atoms with E-state index >= 15 is 0 Å². The van der Waals surface area contributed by atoms with E-state index in [-0.39, 0.29) is 23.7 Å². The fourth-order valence-electron chi connectivity index (χ4n) is 3.35. The molecular formula is C20H25F2N5O3. The molecule has 1 aromatic carbocycles. The van der Waals surface area contributed by atoms with Gasteiger partial charge in [-0.25, -0.2) is 13.5 Å². The van der Waals surface area contributed by atoms with Crippen LogP contribution < -0.4 is 10.6 Å². The molecule has 1 aromatic heterocycles. The van der Waals surface area contributed by atoms with Crippen LogP contribution in [0, 0.1) is 25.5 Å². The van der Waals surface area contributed by atoms with E-state index < -0.39 is 17.5 Å². The quantitative estimate of drug-likeness (QED) is 0.695. The fourth-order valence-corrected chi connectivity index (χ4v) is 3.35. The van der Waals surface area contributed by atoms with E-state index in [1.54, 1.807) is 13.8 Å². The van der Waals surface area contributed by atoms with E-state index in [4.69, 9.17) is 4.74 Å². The first kappa shape index (κ1) is 21.8. The average Bonchev–Trinajstić information content (AvgIpc) is 3.01. The first-order valence-corrected chi connectivity index (χ1v) is 9.73. The van der Waals surface area contributed by atoms with Crippen LogP contribution in [0.15, 0.2) is 18.2 Å². The Morgan fingerprint density at radius 3 is 2.60 bits per heavy atom. The van der Waals surface area contributed by atoms with Crippen molar-refractivity contribution in [3.63, 3.8) is 0 Å². The molecule has 0 atom stereocenters. The third kappa shape index (κ3) is 5.19. The minimum absolute atomic E-state index is 0.0388. The highest BCUT2D eigenvalue weighted by Gasteiger charge is 2.21. The fraction of sp³-hybridized carbons (Fsp3) is 0.450. The molecule has 0 aliphatic carbocycles. The van der Waals surface area contributed by atoms with Crippen LogP contribution in [0.4, 0.5) is 8.78 Å². The number of carbonyl (C=O) groups is 2. The van der Waals surface area contributed by atoms with Crippen molar-refractivity contribution in [2.75, 3.05) is 45.9 Å². The molecule has 0 bridgehead atoms. The molecule has 1 aliphatic heterocycles. The smallest absolute Gasteiger partial charge is 0.255 e. The van der Waals surface area contributed by atoms with E-state index in [1.165, 1.54) is 10.7 Å². The second-order valence-corrected chi connectivity index (χ2v) is 7.04. The Kier molecular flexibility index (Phi) is 7.11. The van der Waals surface area contributed by atoms with Crippen LogP contribution >= 0.6 is 0 Å². The monoisotopic (exact) mass is 421 g/mol. The number of aromatic nitrogens is 2. The van der Waals surface area contributed by atoms with Crippen molar-refractivity contribution in [2.45, 2.75) is 13.8 Å². The van der Waals surface area contributed by atoms with E-state index in [0.29, 0.717) is 31.1 Å². The lowest BCUT2D eigenvalue weighted by molar-refractivity contribution is -0.120. The predicted octanol–water partition coefficient (Wildman–Crippen LogP) is 0.946. The van der Waals surface area contributed by atoms with Crippen molar-refractivity contribution < 1.29 is 23.1 Å². The molecule has 1 fully saturated rings. The van der Waals surface area contributed by atoms with Crippen LogP contribution in [0.5, 0.6) is 0 Å². The van der Waals surface area contributed by atoms with Gasteiger partial charge in [-0.15, -0.1) is 0 Å². The van der Waals surface area contributed by atoms with Crippen molar-refractivity contribution in [3.05, 3.63) is 46.8 Å². The molecular weight excluding hydrogens is 396 g/mol. The first-order valence-electron chi connectivity index (χ1n) is 9.73. The predicted molar refractivity (Wildman–Crippen MR) is 106 cm³/mol. The summed E-state index contributed by atoms with van der Waals surface area (Å²) in [6, 6.07) is 3.14. The standard InChI is InChI=1S/C20H25F2N5O3/c1-13-19(14(2)27(25-13)17-4-3-15(21)11-16(17)22)20(29)24-12-18(28)23-5-6-26-7-9-30-10-8-26/h3-4,11H,5-10,12H2,1-2H3,(H,23,28)(H,24,29). The second-order valence-electron chi connectivity index (χ2n) is 7.04. The Labute approximate surface area is 173 Å². The van der Waals surface area contributed by atoms with Crippen molar-refractivity contribution in [1.29, 1.82) is 0 Å². The number of halogens is 2. The van der Waals surface area contributed by atoms with Crippen LogP contribution in [-0.4, -0.2) is 72.4 Å². The highest BCUT2D eigenvalue weighted by Crippen LogP contribution is 2.20. The summed E-state index contributed by atoms with van der Waals surface area (Å²) in [7, 11) is 0. The number of nitrogens with one attached hydrogen (secondary N) is 2. The zero-order chi connectivity index (χ0) is 21.7. The number of nitrogens with zero attached hydrogens (tertiary/aromatic N) is 3. The number of benzene rings is 1. The zero-order valence-corrected chi connectivity index (χ0v) is 17.0. The van der Waals surface area contributed by atoms with Gasteiger partial charge in [0.05, 0.1) is 36.7 Å².